The van der Waals surface area contributed by atoms with Crippen molar-refractivity contribution in [1.29, 1.82) is 0 Å². The Morgan fingerprint density at radius 2 is 2.04 bits per heavy atom. The molecule has 1 atom stereocenters. The molecule has 2 aliphatic rings. The molecule has 0 saturated carbocycles. The number of amides is 1. The predicted octanol–water partition coefficient (Wildman–Crippen LogP) is 3.03. The lowest BCUT2D eigenvalue weighted by Gasteiger charge is -2.25. The molecule has 2 aliphatic heterocycles. The van der Waals surface area contributed by atoms with Crippen LogP contribution >= 0.6 is 47.2 Å². The maximum atomic E-state index is 12.2. The molecule has 0 bridgehead atoms. The molecule has 3 rings (SSSR count). The van der Waals surface area contributed by atoms with E-state index in [1.54, 1.807) is 25.2 Å². The predicted molar refractivity (Wildman–Crippen MR) is 120 cm³/mol. The largest absolute Gasteiger partial charge is 0.381 e. The van der Waals surface area contributed by atoms with Gasteiger partial charge in [-0.2, -0.15) is 0 Å². The van der Waals surface area contributed by atoms with Crippen molar-refractivity contribution >= 4 is 59.0 Å². The van der Waals surface area contributed by atoms with E-state index in [2.05, 4.69) is 20.5 Å². The molecule has 0 aromatic heterocycles. The maximum Gasteiger partial charge on any atom is 0.251 e. The number of hydrogen-bond donors (Lipinski definition) is 2. The first-order chi connectivity index (χ1) is 12.5. The van der Waals surface area contributed by atoms with Crippen molar-refractivity contribution in [2.24, 2.45) is 10.4 Å². The van der Waals surface area contributed by atoms with Gasteiger partial charge >= 0.3 is 0 Å². The van der Waals surface area contributed by atoms with Crippen LogP contribution in [0.15, 0.2) is 23.2 Å². The highest BCUT2D eigenvalue weighted by atomic mass is 127. The van der Waals surface area contributed by atoms with Crippen molar-refractivity contribution in [3.8, 4) is 0 Å². The lowest BCUT2D eigenvalue weighted by Crippen LogP contribution is -2.44. The second-order valence-corrected chi connectivity index (χ2v) is 7.65. The number of carbonyl (C=O) groups is 1. The van der Waals surface area contributed by atoms with Gasteiger partial charge in [-0.1, -0.05) is 23.2 Å². The molecule has 2 saturated heterocycles. The Balaban J connectivity index is 0.00000261. The summed E-state index contributed by atoms with van der Waals surface area (Å²) in [5, 5.41) is 6.99. The first-order valence-electron chi connectivity index (χ1n) is 8.80. The Kier molecular flexibility index (Phi) is 8.45. The molecular formula is C18H25Cl2IN4O2. The number of halogens is 3. The van der Waals surface area contributed by atoms with Gasteiger partial charge < -0.3 is 20.3 Å². The molecule has 27 heavy (non-hydrogen) atoms. The minimum absolute atomic E-state index is 0. The smallest absolute Gasteiger partial charge is 0.251 e. The number of guanidine groups is 1. The molecule has 1 aromatic rings. The number of hydrogen-bond acceptors (Lipinski definition) is 3. The fourth-order valence-corrected chi connectivity index (χ4v) is 3.81. The van der Waals surface area contributed by atoms with E-state index in [0.717, 1.165) is 45.1 Å². The molecule has 2 fully saturated rings. The van der Waals surface area contributed by atoms with Crippen molar-refractivity contribution in [2.45, 2.75) is 12.8 Å². The quantitative estimate of drug-likeness (QED) is 0.274. The Hall–Kier alpha value is -0.770. The van der Waals surface area contributed by atoms with E-state index in [0.29, 0.717) is 34.1 Å². The maximum absolute atomic E-state index is 12.2. The molecule has 0 radical (unpaired) electrons. The summed E-state index contributed by atoms with van der Waals surface area (Å²) in [5.74, 6) is 0.696. The molecule has 9 heteroatoms. The monoisotopic (exact) mass is 526 g/mol. The van der Waals surface area contributed by atoms with Crippen LogP contribution in [0.25, 0.3) is 0 Å². The average Bonchev–Trinajstić information content (AvgIpc) is 3.27. The third kappa shape index (κ3) is 5.62. The number of ether oxygens (including phenoxy) is 1. The van der Waals surface area contributed by atoms with Crippen LogP contribution in [0.5, 0.6) is 0 Å². The van der Waals surface area contributed by atoms with E-state index < -0.39 is 0 Å². The Morgan fingerprint density at radius 1 is 1.26 bits per heavy atom. The van der Waals surface area contributed by atoms with Gasteiger partial charge in [-0.3, -0.25) is 9.79 Å². The molecule has 1 amide bonds. The first kappa shape index (κ1) is 22.5. The number of rotatable bonds is 4. The summed E-state index contributed by atoms with van der Waals surface area (Å²) in [7, 11) is 1.78. The van der Waals surface area contributed by atoms with Crippen molar-refractivity contribution in [1.82, 2.24) is 15.5 Å². The summed E-state index contributed by atoms with van der Waals surface area (Å²) in [6.07, 6.45) is 2.27. The number of benzene rings is 1. The summed E-state index contributed by atoms with van der Waals surface area (Å²) >= 11 is 11.8. The van der Waals surface area contributed by atoms with Crippen LogP contribution in [0.2, 0.25) is 10.0 Å². The van der Waals surface area contributed by atoms with Gasteiger partial charge in [0.1, 0.15) is 0 Å². The summed E-state index contributed by atoms with van der Waals surface area (Å²) in [6, 6.07) is 4.84. The SMILES string of the molecule is CN=C(NCCNC(=O)c1ccc(Cl)c(Cl)c1)N1CCC2(CCOC2)C1.I. The standard InChI is InChI=1S/C18H24Cl2N4O2.HI/c1-21-17(24-8-4-18(11-24)5-9-26-12-18)23-7-6-22-16(25)13-2-3-14(19)15(20)10-13;/h2-3,10H,4-9,11-12H2,1H3,(H,21,23)(H,22,25);1H. The fourth-order valence-electron chi connectivity index (χ4n) is 3.51. The Bertz CT molecular complexity index is 696. The van der Waals surface area contributed by atoms with E-state index in [9.17, 15) is 4.79 Å². The topological polar surface area (TPSA) is 66.0 Å². The van der Waals surface area contributed by atoms with Gasteiger partial charge in [0, 0.05) is 50.8 Å². The van der Waals surface area contributed by atoms with Crippen molar-refractivity contribution in [2.75, 3.05) is 46.4 Å². The van der Waals surface area contributed by atoms with E-state index in [1.807, 2.05) is 0 Å². The summed E-state index contributed by atoms with van der Waals surface area (Å²) in [4.78, 5) is 18.8. The lowest BCUT2D eigenvalue weighted by atomic mass is 9.87. The van der Waals surface area contributed by atoms with E-state index in [4.69, 9.17) is 27.9 Å². The third-order valence-electron chi connectivity index (χ3n) is 5.01. The van der Waals surface area contributed by atoms with Gasteiger partial charge in [0.15, 0.2) is 5.96 Å². The van der Waals surface area contributed by atoms with Crippen LogP contribution in [0.3, 0.4) is 0 Å². The molecule has 2 heterocycles. The zero-order chi connectivity index (χ0) is 18.6. The second-order valence-electron chi connectivity index (χ2n) is 6.83. The van der Waals surface area contributed by atoms with Crippen LogP contribution in [-0.2, 0) is 4.74 Å². The van der Waals surface area contributed by atoms with E-state index >= 15 is 0 Å². The van der Waals surface area contributed by atoms with Crippen molar-refractivity contribution in [3.63, 3.8) is 0 Å². The Morgan fingerprint density at radius 3 is 2.70 bits per heavy atom. The number of aliphatic imine (C=N–C) groups is 1. The second kappa shape index (κ2) is 10.1. The normalized spacial score (nSPS) is 22.0. The molecule has 6 nitrogen and oxygen atoms in total. The highest BCUT2D eigenvalue weighted by Gasteiger charge is 2.42. The van der Waals surface area contributed by atoms with Gasteiger partial charge in [-0.25, -0.2) is 0 Å². The highest BCUT2D eigenvalue weighted by Crippen LogP contribution is 2.38. The average molecular weight is 527 g/mol. The highest BCUT2D eigenvalue weighted by molar-refractivity contribution is 14.0. The summed E-state index contributed by atoms with van der Waals surface area (Å²) < 4.78 is 5.57. The minimum Gasteiger partial charge on any atom is -0.381 e. The number of likely N-dealkylation sites (tertiary alicyclic amines) is 1. The summed E-state index contributed by atoms with van der Waals surface area (Å²) in [5.41, 5.74) is 0.783. The molecule has 1 unspecified atom stereocenters. The van der Waals surface area contributed by atoms with Gasteiger partial charge in [-0.05, 0) is 31.0 Å². The Labute approximate surface area is 187 Å². The molecule has 150 valence electrons. The van der Waals surface area contributed by atoms with Crippen molar-refractivity contribution < 1.29 is 9.53 Å². The zero-order valence-corrected chi connectivity index (χ0v) is 19.1. The van der Waals surface area contributed by atoms with Crippen LogP contribution in [0, 0.1) is 5.41 Å². The molecular weight excluding hydrogens is 502 g/mol. The van der Waals surface area contributed by atoms with Crippen LogP contribution in [0.4, 0.5) is 0 Å². The lowest BCUT2D eigenvalue weighted by molar-refractivity contribution is 0.0954. The fraction of sp³-hybridized carbons (Fsp3) is 0.556. The zero-order valence-electron chi connectivity index (χ0n) is 15.3. The first-order valence-corrected chi connectivity index (χ1v) is 9.55. The van der Waals surface area contributed by atoms with Crippen LogP contribution in [0.1, 0.15) is 23.2 Å². The summed E-state index contributed by atoms with van der Waals surface area (Å²) in [6.45, 7) is 4.75. The molecule has 1 aromatic carbocycles. The van der Waals surface area contributed by atoms with Gasteiger partial charge in [0.25, 0.3) is 5.91 Å². The van der Waals surface area contributed by atoms with E-state index in [-0.39, 0.29) is 29.9 Å². The van der Waals surface area contributed by atoms with E-state index in [1.165, 1.54) is 0 Å². The van der Waals surface area contributed by atoms with Crippen LogP contribution in [-0.4, -0.2) is 63.2 Å². The number of nitrogens with one attached hydrogen (secondary N) is 2. The molecule has 0 aliphatic carbocycles. The third-order valence-corrected chi connectivity index (χ3v) is 5.75. The number of nitrogens with zero attached hydrogens (tertiary/aromatic N) is 2. The molecule has 2 N–H and O–H groups in total. The van der Waals surface area contributed by atoms with Crippen molar-refractivity contribution in [3.05, 3.63) is 33.8 Å². The van der Waals surface area contributed by atoms with Gasteiger partial charge in [-0.15, -0.1) is 24.0 Å². The van der Waals surface area contributed by atoms with Gasteiger partial charge in [0.2, 0.25) is 0 Å². The molecule has 1 spiro atoms. The minimum atomic E-state index is -0.177. The van der Waals surface area contributed by atoms with Gasteiger partial charge in [0.05, 0.1) is 16.7 Å². The van der Waals surface area contributed by atoms with Crippen LogP contribution < -0.4 is 10.6 Å². The number of carbonyl (C=O) groups excluding carboxylic acids is 1.